The number of carbonyl (C=O) groups is 4. The predicted octanol–water partition coefficient (Wildman–Crippen LogP) is 4.53. The van der Waals surface area contributed by atoms with Crippen molar-refractivity contribution in [3.8, 4) is 11.5 Å². The number of rotatable bonds is 8. The summed E-state index contributed by atoms with van der Waals surface area (Å²) in [6.45, 7) is 5.50. The van der Waals surface area contributed by atoms with E-state index in [-0.39, 0.29) is 24.5 Å². The van der Waals surface area contributed by atoms with E-state index in [0.29, 0.717) is 28.1 Å². The van der Waals surface area contributed by atoms with Gasteiger partial charge in [0, 0.05) is 8.95 Å². The molecule has 1 heterocycles. The first-order chi connectivity index (χ1) is 16.7. The maximum Gasteiger partial charge on any atom is 0.344 e. The Morgan fingerprint density at radius 2 is 1.71 bits per heavy atom. The van der Waals surface area contributed by atoms with Gasteiger partial charge in [0.25, 0.3) is 11.8 Å². The molecule has 3 rings (SSSR count). The molecule has 1 fully saturated rings. The number of nitrogens with one attached hydrogen (secondary N) is 1. The van der Waals surface area contributed by atoms with Crippen molar-refractivity contribution >= 4 is 67.4 Å². The molecule has 1 aliphatic heterocycles. The van der Waals surface area contributed by atoms with Crippen molar-refractivity contribution in [2.24, 2.45) is 0 Å². The van der Waals surface area contributed by atoms with Crippen LogP contribution in [0.1, 0.15) is 25.0 Å². The molecule has 0 saturated carbocycles. The standard InChI is InChI=1S/C24H22Br2N2O7/c1-4-33-19-10-14(18(26)11-20(19)35-12-21(29)34-5-2)9-16-22(30)27-24(32)28(23(16)31)15-6-7-17(25)13(3)8-15/h6-11H,4-5,12H2,1-3H3,(H,27,30,32)/b16-9+. The third-order valence-electron chi connectivity index (χ3n) is 4.81. The molecule has 0 aliphatic carbocycles. The van der Waals surface area contributed by atoms with Gasteiger partial charge in [-0.2, -0.15) is 0 Å². The molecule has 0 atom stereocenters. The van der Waals surface area contributed by atoms with Crippen LogP contribution in [0.3, 0.4) is 0 Å². The van der Waals surface area contributed by atoms with Crippen molar-refractivity contribution < 1.29 is 33.4 Å². The lowest BCUT2D eigenvalue weighted by atomic mass is 10.1. The molecule has 2 aromatic carbocycles. The summed E-state index contributed by atoms with van der Waals surface area (Å²) in [5.41, 5.74) is 1.32. The van der Waals surface area contributed by atoms with Crippen LogP contribution >= 0.6 is 31.9 Å². The van der Waals surface area contributed by atoms with Gasteiger partial charge in [0.2, 0.25) is 0 Å². The normalized spacial score (nSPS) is 14.7. The topological polar surface area (TPSA) is 111 Å². The SMILES string of the molecule is CCOC(=O)COc1cc(Br)c(/C=C2\C(=O)NC(=O)N(c3ccc(Br)c(C)c3)C2=O)cc1OCC. The predicted molar refractivity (Wildman–Crippen MR) is 135 cm³/mol. The van der Waals surface area contributed by atoms with Crippen molar-refractivity contribution in [3.05, 3.63) is 56.0 Å². The van der Waals surface area contributed by atoms with Crippen LogP contribution in [-0.2, 0) is 19.1 Å². The minimum Gasteiger partial charge on any atom is -0.490 e. The van der Waals surface area contributed by atoms with E-state index in [0.717, 1.165) is 14.9 Å². The second-order valence-electron chi connectivity index (χ2n) is 7.24. The van der Waals surface area contributed by atoms with Gasteiger partial charge < -0.3 is 14.2 Å². The van der Waals surface area contributed by atoms with E-state index in [1.165, 1.54) is 6.08 Å². The molecular weight excluding hydrogens is 588 g/mol. The van der Waals surface area contributed by atoms with E-state index >= 15 is 0 Å². The lowest BCUT2D eigenvalue weighted by molar-refractivity contribution is -0.145. The summed E-state index contributed by atoms with van der Waals surface area (Å²) in [5.74, 6) is -1.55. The zero-order valence-corrected chi connectivity index (χ0v) is 22.3. The van der Waals surface area contributed by atoms with E-state index in [1.807, 2.05) is 6.92 Å². The number of aryl methyl sites for hydroxylation is 1. The maximum atomic E-state index is 13.2. The molecule has 35 heavy (non-hydrogen) atoms. The molecule has 184 valence electrons. The van der Waals surface area contributed by atoms with Gasteiger partial charge >= 0.3 is 12.0 Å². The van der Waals surface area contributed by atoms with Crippen LogP contribution in [0.25, 0.3) is 6.08 Å². The fourth-order valence-electron chi connectivity index (χ4n) is 3.20. The number of benzene rings is 2. The van der Waals surface area contributed by atoms with E-state index in [9.17, 15) is 19.2 Å². The Bertz CT molecular complexity index is 1230. The van der Waals surface area contributed by atoms with Crippen LogP contribution < -0.4 is 19.7 Å². The van der Waals surface area contributed by atoms with Crippen LogP contribution in [0, 0.1) is 6.92 Å². The van der Waals surface area contributed by atoms with Crippen LogP contribution in [0.4, 0.5) is 10.5 Å². The zero-order chi connectivity index (χ0) is 25.7. The average molecular weight is 610 g/mol. The number of ether oxygens (including phenoxy) is 3. The Balaban J connectivity index is 1.97. The fraction of sp³-hybridized carbons (Fsp3) is 0.250. The number of halogens is 2. The summed E-state index contributed by atoms with van der Waals surface area (Å²) in [6, 6.07) is 7.25. The van der Waals surface area contributed by atoms with Crippen molar-refractivity contribution in [2.45, 2.75) is 20.8 Å². The van der Waals surface area contributed by atoms with Gasteiger partial charge in [-0.25, -0.2) is 14.5 Å². The van der Waals surface area contributed by atoms with Crippen LogP contribution in [0.2, 0.25) is 0 Å². The number of urea groups is 1. The lowest BCUT2D eigenvalue weighted by Crippen LogP contribution is -2.54. The smallest absolute Gasteiger partial charge is 0.344 e. The molecule has 11 heteroatoms. The Hall–Kier alpha value is -3.18. The summed E-state index contributed by atoms with van der Waals surface area (Å²) >= 11 is 6.79. The van der Waals surface area contributed by atoms with E-state index < -0.39 is 23.8 Å². The number of esters is 1. The average Bonchev–Trinajstić information content (AvgIpc) is 2.79. The van der Waals surface area contributed by atoms with E-state index in [2.05, 4.69) is 37.2 Å². The van der Waals surface area contributed by atoms with Gasteiger partial charge in [-0.3, -0.25) is 14.9 Å². The van der Waals surface area contributed by atoms with Gasteiger partial charge in [-0.1, -0.05) is 31.9 Å². The monoisotopic (exact) mass is 608 g/mol. The fourth-order valence-corrected chi connectivity index (χ4v) is 3.88. The highest BCUT2D eigenvalue weighted by Gasteiger charge is 2.37. The van der Waals surface area contributed by atoms with E-state index in [1.54, 1.807) is 44.2 Å². The number of hydrogen-bond donors (Lipinski definition) is 1. The summed E-state index contributed by atoms with van der Waals surface area (Å²) in [6.07, 6.45) is 1.35. The highest BCUT2D eigenvalue weighted by molar-refractivity contribution is 9.10. The summed E-state index contributed by atoms with van der Waals surface area (Å²) in [4.78, 5) is 50.8. The molecular formula is C24H22Br2N2O7. The van der Waals surface area contributed by atoms with Crippen LogP contribution in [0.5, 0.6) is 11.5 Å². The van der Waals surface area contributed by atoms with E-state index in [4.69, 9.17) is 14.2 Å². The van der Waals surface area contributed by atoms with Gasteiger partial charge in [-0.15, -0.1) is 0 Å². The van der Waals surface area contributed by atoms with Crippen molar-refractivity contribution in [3.63, 3.8) is 0 Å². The first-order valence-electron chi connectivity index (χ1n) is 10.6. The Labute approximate surface area is 218 Å². The maximum absolute atomic E-state index is 13.2. The first kappa shape index (κ1) is 26.4. The number of hydrogen-bond acceptors (Lipinski definition) is 7. The number of barbiturate groups is 1. The van der Waals surface area contributed by atoms with Crippen molar-refractivity contribution in [2.75, 3.05) is 24.7 Å². The molecule has 2 aromatic rings. The number of amides is 4. The third-order valence-corrected chi connectivity index (χ3v) is 6.39. The summed E-state index contributed by atoms with van der Waals surface area (Å²) in [7, 11) is 0. The molecule has 0 aromatic heterocycles. The van der Waals surface area contributed by atoms with Crippen molar-refractivity contribution in [1.82, 2.24) is 5.32 Å². The second kappa shape index (κ2) is 11.5. The molecule has 0 unspecified atom stereocenters. The Morgan fingerprint density at radius 3 is 2.37 bits per heavy atom. The highest BCUT2D eigenvalue weighted by atomic mass is 79.9. The van der Waals surface area contributed by atoms with Gasteiger partial charge in [0.05, 0.1) is 18.9 Å². The second-order valence-corrected chi connectivity index (χ2v) is 8.95. The Morgan fingerprint density at radius 1 is 1.00 bits per heavy atom. The minimum absolute atomic E-state index is 0.228. The van der Waals surface area contributed by atoms with Gasteiger partial charge in [0.1, 0.15) is 5.57 Å². The largest absolute Gasteiger partial charge is 0.490 e. The molecule has 1 N–H and O–H groups in total. The lowest BCUT2D eigenvalue weighted by Gasteiger charge is -2.27. The Kier molecular flexibility index (Phi) is 8.68. The molecule has 1 saturated heterocycles. The minimum atomic E-state index is -0.837. The quantitative estimate of drug-likeness (QED) is 0.266. The number of imide groups is 2. The van der Waals surface area contributed by atoms with Crippen molar-refractivity contribution in [1.29, 1.82) is 0 Å². The van der Waals surface area contributed by atoms with Gasteiger partial charge in [-0.05, 0) is 68.3 Å². The summed E-state index contributed by atoms with van der Waals surface area (Å²) in [5, 5.41) is 2.20. The molecule has 0 radical (unpaired) electrons. The van der Waals surface area contributed by atoms with Crippen LogP contribution in [-0.4, -0.2) is 43.6 Å². The highest BCUT2D eigenvalue weighted by Crippen LogP contribution is 2.36. The molecule has 9 nitrogen and oxygen atoms in total. The molecule has 0 spiro atoms. The number of anilines is 1. The summed E-state index contributed by atoms with van der Waals surface area (Å²) < 4.78 is 17.3. The van der Waals surface area contributed by atoms with Gasteiger partial charge in [0.15, 0.2) is 18.1 Å². The third kappa shape index (κ3) is 6.09. The molecule has 4 amide bonds. The zero-order valence-electron chi connectivity index (χ0n) is 19.1. The number of carbonyl (C=O) groups excluding carboxylic acids is 4. The molecule has 1 aliphatic rings. The number of nitrogens with zero attached hydrogens (tertiary/aromatic N) is 1. The first-order valence-corrected chi connectivity index (χ1v) is 12.2. The molecule has 0 bridgehead atoms. The van der Waals surface area contributed by atoms with Crippen LogP contribution in [0.15, 0.2) is 44.9 Å².